The van der Waals surface area contributed by atoms with E-state index < -0.39 is 5.97 Å². The van der Waals surface area contributed by atoms with E-state index in [4.69, 9.17) is 4.74 Å². The predicted octanol–water partition coefficient (Wildman–Crippen LogP) is 4.34. The lowest BCUT2D eigenvalue weighted by molar-refractivity contribution is 0.0701. The Morgan fingerprint density at radius 1 is 1.30 bits per heavy atom. The highest BCUT2D eigenvalue weighted by atomic mass is 32.1. The molecule has 0 saturated carbocycles. The molecular weight excluding hydrogens is 364 g/mol. The molecule has 0 saturated heterocycles. The number of aromatic nitrogens is 2. The Bertz CT molecular complexity index is 1050. The Morgan fingerprint density at radius 3 is 2.70 bits per heavy atom. The van der Waals surface area contributed by atoms with E-state index in [1.165, 1.54) is 0 Å². The van der Waals surface area contributed by atoms with Crippen LogP contribution in [0.2, 0.25) is 0 Å². The second-order valence-corrected chi connectivity index (χ2v) is 7.10. The summed E-state index contributed by atoms with van der Waals surface area (Å²) >= 11 is 1.01. The Morgan fingerprint density at radius 2 is 2.04 bits per heavy atom. The van der Waals surface area contributed by atoms with Crippen LogP contribution in [0.25, 0.3) is 22.4 Å². The standard InChI is InChI=1S/C20H20N2O4S/c1-3-4-11-26-14-8-5-13(6-9-14)7-10-15-21-18(23)16-12(2)17(20(24)25)27-19(16)22-15/h5-10H,3-4,11H2,1-2H3,(H,24,25)(H,21,22,23)/b10-7+. The first-order valence-electron chi connectivity index (χ1n) is 8.67. The van der Waals surface area contributed by atoms with Gasteiger partial charge in [-0.1, -0.05) is 31.6 Å². The number of nitrogens with one attached hydrogen (secondary N) is 1. The fourth-order valence-corrected chi connectivity index (χ4v) is 3.66. The number of aryl methyl sites for hydroxylation is 1. The minimum Gasteiger partial charge on any atom is -0.494 e. The van der Waals surface area contributed by atoms with Crippen molar-refractivity contribution in [1.29, 1.82) is 0 Å². The maximum atomic E-state index is 12.3. The van der Waals surface area contributed by atoms with Gasteiger partial charge in [-0.3, -0.25) is 4.79 Å². The van der Waals surface area contributed by atoms with Crippen LogP contribution >= 0.6 is 11.3 Å². The van der Waals surface area contributed by atoms with Gasteiger partial charge in [-0.25, -0.2) is 9.78 Å². The van der Waals surface area contributed by atoms with Gasteiger partial charge in [-0.15, -0.1) is 11.3 Å². The van der Waals surface area contributed by atoms with E-state index in [0.29, 0.717) is 28.2 Å². The van der Waals surface area contributed by atoms with Crippen LogP contribution < -0.4 is 10.3 Å². The molecular formula is C20H20N2O4S. The molecule has 1 aromatic carbocycles. The Labute approximate surface area is 160 Å². The third-order valence-corrected chi connectivity index (χ3v) is 5.27. The lowest BCUT2D eigenvalue weighted by Gasteiger charge is -2.05. The number of carboxylic acid groups (broad SMARTS) is 1. The first-order chi connectivity index (χ1) is 13.0. The van der Waals surface area contributed by atoms with Crippen molar-refractivity contribution in [2.75, 3.05) is 6.61 Å². The molecule has 0 aliphatic rings. The van der Waals surface area contributed by atoms with Crippen LogP contribution in [0.5, 0.6) is 5.75 Å². The van der Waals surface area contributed by atoms with Crippen molar-refractivity contribution in [2.24, 2.45) is 0 Å². The number of hydrogen-bond acceptors (Lipinski definition) is 5. The van der Waals surface area contributed by atoms with Gasteiger partial charge >= 0.3 is 5.97 Å². The van der Waals surface area contributed by atoms with Crippen LogP contribution in [-0.4, -0.2) is 27.7 Å². The molecule has 7 heteroatoms. The normalized spacial score (nSPS) is 11.3. The van der Waals surface area contributed by atoms with Crippen molar-refractivity contribution in [3.05, 3.63) is 56.4 Å². The number of fused-ring (bicyclic) bond motifs is 1. The largest absolute Gasteiger partial charge is 0.494 e. The molecule has 3 rings (SSSR count). The highest BCUT2D eigenvalue weighted by molar-refractivity contribution is 7.20. The third kappa shape index (κ3) is 4.25. The summed E-state index contributed by atoms with van der Waals surface area (Å²) in [5.41, 5.74) is 1.06. The molecule has 27 heavy (non-hydrogen) atoms. The van der Waals surface area contributed by atoms with Crippen molar-refractivity contribution in [2.45, 2.75) is 26.7 Å². The number of rotatable bonds is 7. The zero-order valence-electron chi connectivity index (χ0n) is 15.1. The van der Waals surface area contributed by atoms with Gasteiger partial charge < -0.3 is 14.8 Å². The van der Waals surface area contributed by atoms with E-state index >= 15 is 0 Å². The summed E-state index contributed by atoms with van der Waals surface area (Å²) in [5, 5.41) is 9.55. The number of hydrogen-bond donors (Lipinski definition) is 2. The molecule has 0 spiro atoms. The first-order valence-corrected chi connectivity index (χ1v) is 9.49. The van der Waals surface area contributed by atoms with Gasteiger partial charge in [0.2, 0.25) is 0 Å². The number of carboxylic acids is 1. The average molecular weight is 384 g/mol. The number of carbonyl (C=O) groups is 1. The molecule has 2 heterocycles. The average Bonchev–Trinajstić information content (AvgIpc) is 2.98. The number of benzene rings is 1. The number of H-pyrrole nitrogens is 1. The number of aromatic amines is 1. The molecule has 6 nitrogen and oxygen atoms in total. The zero-order chi connectivity index (χ0) is 19.4. The van der Waals surface area contributed by atoms with Crippen LogP contribution in [-0.2, 0) is 0 Å². The third-order valence-electron chi connectivity index (χ3n) is 4.09. The van der Waals surface area contributed by atoms with Crippen molar-refractivity contribution in [1.82, 2.24) is 9.97 Å². The molecule has 0 fully saturated rings. The molecule has 0 aliphatic carbocycles. The molecule has 2 aromatic heterocycles. The van der Waals surface area contributed by atoms with Crippen LogP contribution in [0.3, 0.4) is 0 Å². The Hall–Kier alpha value is -2.93. The smallest absolute Gasteiger partial charge is 0.346 e. The Kier molecular flexibility index (Phi) is 5.71. The minimum atomic E-state index is -1.05. The highest BCUT2D eigenvalue weighted by Gasteiger charge is 2.18. The van der Waals surface area contributed by atoms with E-state index in [-0.39, 0.29) is 10.4 Å². The second kappa shape index (κ2) is 8.18. The molecule has 0 bridgehead atoms. The zero-order valence-corrected chi connectivity index (χ0v) is 15.9. The maximum absolute atomic E-state index is 12.3. The van der Waals surface area contributed by atoms with E-state index in [1.54, 1.807) is 13.0 Å². The van der Waals surface area contributed by atoms with Crippen molar-refractivity contribution >= 4 is 39.7 Å². The quantitative estimate of drug-likeness (QED) is 0.591. The van der Waals surface area contributed by atoms with Gasteiger partial charge in [0, 0.05) is 0 Å². The summed E-state index contributed by atoms with van der Waals surface area (Å²) in [7, 11) is 0. The number of nitrogens with zero attached hydrogens (tertiary/aromatic N) is 1. The van der Waals surface area contributed by atoms with E-state index in [1.807, 2.05) is 30.3 Å². The minimum absolute atomic E-state index is 0.141. The lowest BCUT2D eigenvalue weighted by Crippen LogP contribution is -2.09. The van der Waals surface area contributed by atoms with E-state index in [2.05, 4.69) is 16.9 Å². The van der Waals surface area contributed by atoms with E-state index in [0.717, 1.165) is 35.5 Å². The van der Waals surface area contributed by atoms with Gasteiger partial charge in [-0.05, 0) is 42.7 Å². The molecule has 140 valence electrons. The van der Waals surface area contributed by atoms with Gasteiger partial charge in [-0.2, -0.15) is 0 Å². The molecule has 3 aromatic rings. The molecule has 0 aliphatic heterocycles. The topological polar surface area (TPSA) is 92.3 Å². The second-order valence-electron chi connectivity index (χ2n) is 6.10. The van der Waals surface area contributed by atoms with Crippen LogP contribution in [0.1, 0.15) is 46.4 Å². The number of aromatic carboxylic acids is 1. The molecule has 0 atom stereocenters. The number of ether oxygens (including phenoxy) is 1. The Balaban J connectivity index is 1.82. The lowest BCUT2D eigenvalue weighted by atomic mass is 10.2. The summed E-state index contributed by atoms with van der Waals surface area (Å²) in [6.07, 6.45) is 5.64. The fraction of sp³-hybridized carbons (Fsp3) is 0.250. The van der Waals surface area contributed by atoms with Gasteiger partial charge in [0.05, 0.1) is 12.0 Å². The summed E-state index contributed by atoms with van der Waals surface area (Å²) in [5.74, 6) is 0.158. The molecule has 0 amide bonds. The van der Waals surface area contributed by atoms with Crippen molar-refractivity contribution in [3.63, 3.8) is 0 Å². The fourth-order valence-electron chi connectivity index (χ4n) is 2.63. The molecule has 0 radical (unpaired) electrons. The highest BCUT2D eigenvalue weighted by Crippen LogP contribution is 2.27. The number of unbranched alkanes of at least 4 members (excludes halogenated alkanes) is 1. The van der Waals surface area contributed by atoms with Crippen LogP contribution in [0.15, 0.2) is 29.1 Å². The van der Waals surface area contributed by atoms with Crippen LogP contribution in [0, 0.1) is 6.92 Å². The SMILES string of the molecule is CCCCOc1ccc(/C=C/c2nc3sc(C(=O)O)c(C)c3c(=O)[nH]2)cc1. The van der Waals surface area contributed by atoms with Crippen molar-refractivity contribution in [3.8, 4) is 5.75 Å². The summed E-state index contributed by atoms with van der Waals surface area (Å²) in [4.78, 5) is 31.2. The maximum Gasteiger partial charge on any atom is 0.346 e. The van der Waals surface area contributed by atoms with Gasteiger partial charge in [0.25, 0.3) is 5.56 Å². The molecule has 2 N–H and O–H groups in total. The molecule has 0 unspecified atom stereocenters. The number of thiophene rings is 1. The monoisotopic (exact) mass is 384 g/mol. The summed E-state index contributed by atoms with van der Waals surface area (Å²) in [6, 6.07) is 7.64. The summed E-state index contributed by atoms with van der Waals surface area (Å²) in [6.45, 7) is 4.45. The van der Waals surface area contributed by atoms with Gasteiger partial charge in [0.15, 0.2) is 0 Å². The van der Waals surface area contributed by atoms with Gasteiger partial charge in [0.1, 0.15) is 21.3 Å². The summed E-state index contributed by atoms with van der Waals surface area (Å²) < 4.78 is 5.63. The predicted molar refractivity (Wildman–Crippen MR) is 108 cm³/mol. The first kappa shape index (κ1) is 18.8. The van der Waals surface area contributed by atoms with E-state index in [9.17, 15) is 14.7 Å². The van der Waals surface area contributed by atoms with Crippen LogP contribution in [0.4, 0.5) is 0 Å². The van der Waals surface area contributed by atoms with Crippen molar-refractivity contribution < 1.29 is 14.6 Å².